The minimum Gasteiger partial charge on any atom is -0.459 e. The van der Waals surface area contributed by atoms with Gasteiger partial charge in [-0.25, -0.2) is 0 Å². The zero-order valence-electron chi connectivity index (χ0n) is 13.5. The number of piperidine rings is 1. The van der Waals surface area contributed by atoms with Crippen LogP contribution in [0.3, 0.4) is 0 Å². The molecule has 0 radical (unpaired) electrons. The van der Waals surface area contributed by atoms with Gasteiger partial charge in [-0.2, -0.15) is 0 Å². The Balaban J connectivity index is 1.25. The van der Waals surface area contributed by atoms with Crippen molar-refractivity contribution in [2.24, 2.45) is 11.3 Å². The zero-order valence-corrected chi connectivity index (χ0v) is 13.5. The molecule has 0 bridgehead atoms. The molecule has 126 valence electrons. The van der Waals surface area contributed by atoms with Crippen LogP contribution in [-0.4, -0.2) is 49.8 Å². The minimum atomic E-state index is 0.00748. The fourth-order valence-corrected chi connectivity index (χ4v) is 3.74. The number of carbonyl (C=O) groups is 1. The monoisotopic (exact) mass is 319 g/mol. The largest absolute Gasteiger partial charge is 0.459 e. The quantitative estimate of drug-likeness (QED) is 0.837. The number of ether oxygens (including phenoxy) is 2. The van der Waals surface area contributed by atoms with E-state index in [2.05, 4.69) is 0 Å². The van der Waals surface area contributed by atoms with Gasteiger partial charge in [0.05, 0.1) is 25.6 Å². The van der Waals surface area contributed by atoms with Crippen LogP contribution < -0.4 is 0 Å². The first-order valence-electron chi connectivity index (χ1n) is 8.76. The first-order valence-corrected chi connectivity index (χ1v) is 8.76. The smallest absolute Gasteiger partial charge is 0.289 e. The summed E-state index contributed by atoms with van der Waals surface area (Å²) in [6.45, 7) is 4.02. The van der Waals surface area contributed by atoms with Gasteiger partial charge in [-0.3, -0.25) is 4.79 Å². The summed E-state index contributed by atoms with van der Waals surface area (Å²) in [6.07, 6.45) is 7.54. The lowest BCUT2D eigenvalue weighted by molar-refractivity contribution is 0.00930. The summed E-state index contributed by atoms with van der Waals surface area (Å²) in [6, 6.07) is 3.49. The van der Waals surface area contributed by atoms with Crippen molar-refractivity contribution in [3.63, 3.8) is 0 Å². The van der Waals surface area contributed by atoms with E-state index in [1.807, 2.05) is 4.90 Å². The molecule has 1 spiro atoms. The molecule has 2 saturated heterocycles. The normalized spacial score (nSPS) is 26.8. The molecule has 1 aromatic rings. The maximum Gasteiger partial charge on any atom is 0.289 e. The Labute approximate surface area is 136 Å². The van der Waals surface area contributed by atoms with E-state index in [1.54, 1.807) is 18.4 Å². The molecule has 4 rings (SSSR count). The van der Waals surface area contributed by atoms with Crippen molar-refractivity contribution >= 4 is 5.91 Å². The van der Waals surface area contributed by atoms with E-state index in [1.165, 1.54) is 12.8 Å². The van der Waals surface area contributed by atoms with Crippen molar-refractivity contribution in [3.8, 4) is 0 Å². The molecular weight excluding hydrogens is 294 g/mol. The molecule has 1 saturated carbocycles. The van der Waals surface area contributed by atoms with Crippen LogP contribution in [0.5, 0.6) is 0 Å². The van der Waals surface area contributed by atoms with Crippen molar-refractivity contribution in [3.05, 3.63) is 24.2 Å². The number of furan rings is 1. The average Bonchev–Trinajstić information content (AvgIpc) is 3.08. The van der Waals surface area contributed by atoms with E-state index in [4.69, 9.17) is 13.9 Å². The van der Waals surface area contributed by atoms with Crippen molar-refractivity contribution in [2.45, 2.75) is 38.2 Å². The molecule has 5 nitrogen and oxygen atoms in total. The summed E-state index contributed by atoms with van der Waals surface area (Å²) in [4.78, 5) is 14.2. The molecule has 3 aliphatic rings. The van der Waals surface area contributed by atoms with Crippen LogP contribution in [0.25, 0.3) is 0 Å². The van der Waals surface area contributed by atoms with Crippen LogP contribution in [0, 0.1) is 11.3 Å². The predicted molar refractivity (Wildman–Crippen MR) is 84.2 cm³/mol. The Morgan fingerprint density at radius 1 is 1.30 bits per heavy atom. The van der Waals surface area contributed by atoms with Gasteiger partial charge in [0.25, 0.3) is 5.91 Å². The molecule has 1 aliphatic carbocycles. The Morgan fingerprint density at radius 2 is 2.13 bits per heavy atom. The van der Waals surface area contributed by atoms with Crippen LogP contribution in [0.4, 0.5) is 0 Å². The van der Waals surface area contributed by atoms with Crippen molar-refractivity contribution < 1.29 is 18.7 Å². The van der Waals surface area contributed by atoms with Gasteiger partial charge in [0.15, 0.2) is 5.76 Å². The SMILES string of the molecule is O=C(c1ccco1)N1CCC2(CC1)CO[C@@H](COCC1CC1)C2. The third kappa shape index (κ3) is 3.45. The van der Waals surface area contributed by atoms with E-state index < -0.39 is 0 Å². The standard InChI is InChI=1S/C18H25NO4/c20-17(16-2-1-9-22-16)19-7-5-18(6-8-19)10-15(23-13-18)12-21-11-14-3-4-14/h1-2,9,14-15H,3-8,10-13H2/t15-/m1/s1. The Morgan fingerprint density at radius 3 is 2.83 bits per heavy atom. The molecular formula is C18H25NO4. The van der Waals surface area contributed by atoms with E-state index in [0.29, 0.717) is 5.76 Å². The minimum absolute atomic E-state index is 0.00748. The molecule has 1 atom stereocenters. The first-order chi connectivity index (χ1) is 11.2. The number of nitrogens with zero attached hydrogens (tertiary/aromatic N) is 1. The molecule has 0 N–H and O–H groups in total. The van der Waals surface area contributed by atoms with Crippen molar-refractivity contribution in [2.75, 3.05) is 32.9 Å². The Hall–Kier alpha value is -1.33. The molecule has 3 heterocycles. The number of likely N-dealkylation sites (tertiary alicyclic amines) is 1. The van der Waals surface area contributed by atoms with Gasteiger partial charge in [-0.15, -0.1) is 0 Å². The number of hydrogen-bond acceptors (Lipinski definition) is 4. The molecule has 5 heteroatoms. The number of rotatable bonds is 5. The second-order valence-corrected chi connectivity index (χ2v) is 7.39. The third-order valence-corrected chi connectivity index (χ3v) is 5.48. The molecule has 1 amide bonds. The van der Waals surface area contributed by atoms with Gasteiger partial charge < -0.3 is 18.8 Å². The lowest BCUT2D eigenvalue weighted by atomic mass is 9.76. The van der Waals surface area contributed by atoms with Gasteiger partial charge in [0.1, 0.15) is 0 Å². The van der Waals surface area contributed by atoms with E-state index in [-0.39, 0.29) is 17.4 Å². The fourth-order valence-electron chi connectivity index (χ4n) is 3.74. The summed E-state index contributed by atoms with van der Waals surface area (Å²) in [5, 5.41) is 0. The molecule has 23 heavy (non-hydrogen) atoms. The summed E-state index contributed by atoms with van der Waals surface area (Å²) < 4.78 is 17.0. The average molecular weight is 319 g/mol. The van der Waals surface area contributed by atoms with Gasteiger partial charge in [0, 0.05) is 19.7 Å². The number of amides is 1. The van der Waals surface area contributed by atoms with Gasteiger partial charge in [-0.05, 0) is 55.6 Å². The lowest BCUT2D eigenvalue weighted by Crippen LogP contribution is -2.43. The summed E-state index contributed by atoms with van der Waals surface area (Å²) >= 11 is 0. The molecule has 1 aromatic heterocycles. The van der Waals surface area contributed by atoms with Crippen LogP contribution in [-0.2, 0) is 9.47 Å². The maximum atomic E-state index is 12.3. The van der Waals surface area contributed by atoms with Crippen LogP contribution in [0.1, 0.15) is 42.7 Å². The number of carbonyl (C=O) groups excluding carboxylic acids is 1. The molecule has 2 aliphatic heterocycles. The van der Waals surface area contributed by atoms with E-state index >= 15 is 0 Å². The topological polar surface area (TPSA) is 51.9 Å². The fraction of sp³-hybridized carbons (Fsp3) is 0.722. The molecule has 0 aromatic carbocycles. The van der Waals surface area contributed by atoms with Gasteiger partial charge in [-0.1, -0.05) is 0 Å². The Kier molecular flexibility index (Phi) is 4.16. The second kappa shape index (κ2) is 6.29. The van der Waals surface area contributed by atoms with Gasteiger partial charge in [0.2, 0.25) is 0 Å². The van der Waals surface area contributed by atoms with Crippen LogP contribution in [0.2, 0.25) is 0 Å². The van der Waals surface area contributed by atoms with E-state index in [0.717, 1.165) is 58.1 Å². The van der Waals surface area contributed by atoms with Crippen molar-refractivity contribution in [1.29, 1.82) is 0 Å². The van der Waals surface area contributed by atoms with Crippen LogP contribution >= 0.6 is 0 Å². The highest BCUT2D eigenvalue weighted by atomic mass is 16.5. The number of hydrogen-bond donors (Lipinski definition) is 0. The summed E-state index contributed by atoms with van der Waals surface area (Å²) in [7, 11) is 0. The molecule has 0 unspecified atom stereocenters. The maximum absolute atomic E-state index is 12.3. The zero-order chi connectivity index (χ0) is 15.7. The van der Waals surface area contributed by atoms with Crippen LogP contribution in [0.15, 0.2) is 22.8 Å². The summed E-state index contributed by atoms with van der Waals surface area (Å²) in [5.74, 6) is 1.25. The van der Waals surface area contributed by atoms with Gasteiger partial charge >= 0.3 is 0 Å². The highest BCUT2D eigenvalue weighted by Gasteiger charge is 2.43. The predicted octanol–water partition coefficient (Wildman–Crippen LogP) is 2.72. The highest BCUT2D eigenvalue weighted by molar-refractivity contribution is 5.91. The Bertz CT molecular complexity index is 529. The summed E-state index contributed by atoms with van der Waals surface area (Å²) in [5.41, 5.74) is 0.244. The van der Waals surface area contributed by atoms with E-state index in [9.17, 15) is 4.79 Å². The highest BCUT2D eigenvalue weighted by Crippen LogP contribution is 2.42. The first kappa shape index (κ1) is 15.2. The lowest BCUT2D eigenvalue weighted by Gasteiger charge is -2.38. The van der Waals surface area contributed by atoms with Crippen molar-refractivity contribution in [1.82, 2.24) is 4.90 Å². The molecule has 3 fully saturated rings. The second-order valence-electron chi connectivity index (χ2n) is 7.39. The third-order valence-electron chi connectivity index (χ3n) is 5.48.